The van der Waals surface area contributed by atoms with Gasteiger partial charge < -0.3 is 4.74 Å². The normalized spacial score (nSPS) is 52.4. The van der Waals surface area contributed by atoms with Crippen LogP contribution in [0.1, 0.15) is 0 Å². The van der Waals surface area contributed by atoms with Crippen LogP contribution >= 0.6 is 7.75 Å². The number of alkyl halides is 1. The number of ether oxygens (including phenoxy) is 1. The SMILES string of the molecule is C#C[C@]1(F)CO[C@@H]2COP(N)(=O)O[C@H]21. The zero-order valence-corrected chi connectivity index (χ0v) is 8.08. The van der Waals surface area contributed by atoms with Gasteiger partial charge in [-0.2, -0.15) is 0 Å². The Kier molecular flexibility index (Phi) is 2.18. The predicted octanol–water partition coefficient (Wildman–Crippen LogP) is 0.209. The van der Waals surface area contributed by atoms with E-state index < -0.39 is 25.6 Å². The zero-order chi connectivity index (χ0) is 10.4. The van der Waals surface area contributed by atoms with Gasteiger partial charge in [0.25, 0.3) is 0 Å². The van der Waals surface area contributed by atoms with Gasteiger partial charge in [-0.3, -0.25) is 9.05 Å². The standard InChI is InChI=1S/C7H9FNO4P/c1-2-7(8)4-11-5-3-12-14(9,10)13-6(5)7/h1,5-6H,3-4H2,(H2,9,10)/t5-,6-,7+,14?/m1/s1. The number of rotatable bonds is 0. The van der Waals surface area contributed by atoms with Crippen LogP contribution in [-0.4, -0.2) is 31.1 Å². The highest BCUT2D eigenvalue weighted by Gasteiger charge is 2.56. The second-order valence-corrected chi connectivity index (χ2v) is 4.77. The lowest BCUT2D eigenvalue weighted by Gasteiger charge is -2.31. The highest BCUT2D eigenvalue weighted by Crippen LogP contribution is 2.50. The molecule has 7 heteroatoms. The highest BCUT2D eigenvalue weighted by molar-refractivity contribution is 7.51. The summed E-state index contributed by atoms with van der Waals surface area (Å²) in [4.78, 5) is 0. The molecule has 2 N–H and O–H groups in total. The molecule has 2 aliphatic rings. The van der Waals surface area contributed by atoms with Gasteiger partial charge in [0.1, 0.15) is 12.2 Å². The molecule has 2 rings (SSSR count). The number of halogens is 1. The smallest absolute Gasteiger partial charge is 0.368 e. The Morgan fingerprint density at radius 1 is 1.71 bits per heavy atom. The molecule has 0 spiro atoms. The van der Waals surface area contributed by atoms with Crippen molar-refractivity contribution >= 4 is 7.75 Å². The predicted molar refractivity (Wildman–Crippen MR) is 45.0 cm³/mol. The van der Waals surface area contributed by atoms with Crippen LogP contribution in [0.4, 0.5) is 4.39 Å². The summed E-state index contributed by atoms with van der Waals surface area (Å²) in [6.45, 7) is -0.353. The van der Waals surface area contributed by atoms with Crippen molar-refractivity contribution in [3.8, 4) is 12.3 Å². The van der Waals surface area contributed by atoms with E-state index in [-0.39, 0.29) is 13.2 Å². The lowest BCUT2D eigenvalue weighted by atomic mass is 10.0. The summed E-state index contributed by atoms with van der Waals surface area (Å²) in [7, 11) is -3.67. The largest absolute Gasteiger partial charge is 0.403 e. The van der Waals surface area contributed by atoms with Crippen molar-refractivity contribution in [1.29, 1.82) is 0 Å². The Hall–Kier alpha value is -0.440. The summed E-state index contributed by atoms with van der Waals surface area (Å²) >= 11 is 0. The topological polar surface area (TPSA) is 70.8 Å². The van der Waals surface area contributed by atoms with Gasteiger partial charge >= 0.3 is 7.75 Å². The number of fused-ring (bicyclic) bond motifs is 1. The van der Waals surface area contributed by atoms with Crippen molar-refractivity contribution < 1.29 is 22.7 Å². The molecule has 14 heavy (non-hydrogen) atoms. The average Bonchev–Trinajstić information content (AvgIpc) is 2.44. The third kappa shape index (κ3) is 1.48. The van der Waals surface area contributed by atoms with E-state index in [0.717, 1.165) is 0 Å². The molecule has 2 saturated heterocycles. The first-order chi connectivity index (χ1) is 6.47. The van der Waals surface area contributed by atoms with Crippen LogP contribution in [0, 0.1) is 12.3 Å². The molecule has 2 heterocycles. The Bertz CT molecular complexity index is 343. The minimum absolute atomic E-state index is 0.0637. The monoisotopic (exact) mass is 221 g/mol. The van der Waals surface area contributed by atoms with Gasteiger partial charge in [0, 0.05) is 0 Å². The van der Waals surface area contributed by atoms with Crippen molar-refractivity contribution in [2.45, 2.75) is 17.9 Å². The molecule has 0 aliphatic carbocycles. The molecule has 2 fully saturated rings. The van der Waals surface area contributed by atoms with Crippen molar-refractivity contribution in [2.75, 3.05) is 13.2 Å². The lowest BCUT2D eigenvalue weighted by Crippen LogP contribution is -2.45. The van der Waals surface area contributed by atoms with E-state index in [9.17, 15) is 8.96 Å². The van der Waals surface area contributed by atoms with E-state index in [1.54, 1.807) is 0 Å². The van der Waals surface area contributed by atoms with Crippen LogP contribution in [-0.2, 0) is 18.3 Å². The molecule has 0 radical (unpaired) electrons. The highest BCUT2D eigenvalue weighted by atomic mass is 31.2. The van der Waals surface area contributed by atoms with Gasteiger partial charge in [0.2, 0.25) is 5.67 Å². The molecule has 0 saturated carbocycles. The number of nitrogens with two attached hydrogens (primary N) is 1. The Balaban J connectivity index is 2.25. The maximum atomic E-state index is 13.8. The van der Waals surface area contributed by atoms with Gasteiger partial charge in [-0.05, 0) is 0 Å². The fourth-order valence-electron chi connectivity index (χ4n) is 1.47. The van der Waals surface area contributed by atoms with E-state index in [1.165, 1.54) is 0 Å². The quantitative estimate of drug-likeness (QED) is 0.467. The average molecular weight is 221 g/mol. The van der Waals surface area contributed by atoms with Crippen LogP contribution in [0.2, 0.25) is 0 Å². The number of terminal acetylenes is 1. The first-order valence-corrected chi connectivity index (χ1v) is 5.58. The minimum atomic E-state index is -3.67. The van der Waals surface area contributed by atoms with E-state index in [0.29, 0.717) is 0 Å². The van der Waals surface area contributed by atoms with E-state index >= 15 is 0 Å². The molecule has 1 unspecified atom stereocenters. The zero-order valence-electron chi connectivity index (χ0n) is 7.18. The number of hydrogen-bond acceptors (Lipinski definition) is 4. The van der Waals surface area contributed by atoms with E-state index in [2.05, 4.69) is 4.52 Å². The summed E-state index contributed by atoms with van der Waals surface area (Å²) in [5, 5.41) is 0. The van der Waals surface area contributed by atoms with Crippen molar-refractivity contribution in [3.63, 3.8) is 0 Å². The molecule has 0 amide bonds. The Morgan fingerprint density at radius 2 is 2.43 bits per heavy atom. The van der Waals surface area contributed by atoms with E-state index in [4.69, 9.17) is 21.2 Å². The Morgan fingerprint density at radius 3 is 3.07 bits per heavy atom. The maximum Gasteiger partial charge on any atom is 0.403 e. The lowest BCUT2D eigenvalue weighted by molar-refractivity contribution is -0.0300. The molecular formula is C7H9FNO4P. The summed E-state index contributed by atoms with van der Waals surface area (Å²) < 4.78 is 39.5. The fourth-order valence-corrected chi connectivity index (χ4v) is 2.50. The molecule has 0 aromatic heterocycles. The van der Waals surface area contributed by atoms with Crippen molar-refractivity contribution in [2.24, 2.45) is 5.50 Å². The third-order valence-corrected chi connectivity index (χ3v) is 3.25. The van der Waals surface area contributed by atoms with Gasteiger partial charge in [-0.25, -0.2) is 14.5 Å². The van der Waals surface area contributed by atoms with Crippen LogP contribution in [0.5, 0.6) is 0 Å². The van der Waals surface area contributed by atoms with Gasteiger partial charge in [-0.15, -0.1) is 6.42 Å². The summed E-state index contributed by atoms with van der Waals surface area (Å²) in [5.41, 5.74) is 3.06. The first kappa shape index (κ1) is 10.1. The molecule has 0 aromatic rings. The van der Waals surface area contributed by atoms with Gasteiger partial charge in [0.15, 0.2) is 0 Å². The third-order valence-electron chi connectivity index (χ3n) is 2.22. The first-order valence-electron chi connectivity index (χ1n) is 3.97. The summed E-state index contributed by atoms with van der Waals surface area (Å²) in [6, 6.07) is 0. The minimum Gasteiger partial charge on any atom is -0.368 e. The van der Waals surface area contributed by atoms with Gasteiger partial charge in [-0.1, -0.05) is 5.92 Å². The molecule has 4 atom stereocenters. The van der Waals surface area contributed by atoms with Crippen molar-refractivity contribution in [3.05, 3.63) is 0 Å². The van der Waals surface area contributed by atoms with Crippen molar-refractivity contribution in [1.82, 2.24) is 0 Å². The Labute approximate surface area is 80.3 Å². The number of hydrogen-bond donors (Lipinski definition) is 1. The second kappa shape index (κ2) is 3.02. The molecule has 2 aliphatic heterocycles. The fraction of sp³-hybridized carbons (Fsp3) is 0.714. The maximum absolute atomic E-state index is 13.8. The molecule has 5 nitrogen and oxygen atoms in total. The molecule has 0 aromatic carbocycles. The van der Waals surface area contributed by atoms with Crippen LogP contribution in [0.25, 0.3) is 0 Å². The summed E-state index contributed by atoms with van der Waals surface area (Å²) in [5.74, 6) is 1.93. The molecular weight excluding hydrogens is 212 g/mol. The van der Waals surface area contributed by atoms with Crippen LogP contribution < -0.4 is 5.50 Å². The summed E-state index contributed by atoms with van der Waals surface area (Å²) in [6.07, 6.45) is 3.27. The van der Waals surface area contributed by atoms with Gasteiger partial charge in [0.05, 0.1) is 13.2 Å². The van der Waals surface area contributed by atoms with E-state index in [1.807, 2.05) is 5.92 Å². The molecule has 78 valence electrons. The van der Waals surface area contributed by atoms with Crippen LogP contribution in [0.15, 0.2) is 0 Å². The molecule has 0 bridgehead atoms. The van der Waals surface area contributed by atoms with Crippen LogP contribution in [0.3, 0.4) is 0 Å². The second-order valence-electron chi connectivity index (χ2n) is 3.22.